The summed E-state index contributed by atoms with van der Waals surface area (Å²) < 4.78 is 1.90. The van der Waals surface area contributed by atoms with Gasteiger partial charge in [-0.05, 0) is 44.3 Å². The number of amides is 1. The summed E-state index contributed by atoms with van der Waals surface area (Å²) in [4.78, 5) is 15.8. The molecule has 21 heavy (non-hydrogen) atoms. The van der Waals surface area contributed by atoms with Crippen molar-refractivity contribution >= 4 is 30.7 Å². The summed E-state index contributed by atoms with van der Waals surface area (Å²) in [6.07, 6.45) is 6.25. The highest BCUT2D eigenvalue weighted by molar-refractivity contribution is 5.94. The normalized spacial score (nSPS) is 9.38. The largest absolute Gasteiger partial charge is 0.352 e. The average Bonchev–Trinajstić information content (AvgIpc) is 2.98. The zero-order chi connectivity index (χ0) is 13.5. The Morgan fingerprint density at radius 2 is 1.90 bits per heavy atom. The van der Waals surface area contributed by atoms with E-state index in [1.165, 1.54) is 0 Å². The number of imidazole rings is 1. The van der Waals surface area contributed by atoms with E-state index in [9.17, 15) is 4.79 Å². The van der Waals surface area contributed by atoms with Crippen LogP contribution in [0.5, 0.6) is 0 Å². The number of rotatable bonds is 6. The Labute approximate surface area is 137 Å². The fourth-order valence-electron chi connectivity index (χ4n) is 1.77. The second-order valence-corrected chi connectivity index (χ2v) is 4.23. The van der Waals surface area contributed by atoms with Crippen molar-refractivity contribution in [2.45, 2.75) is 6.42 Å². The van der Waals surface area contributed by atoms with Gasteiger partial charge in [0.15, 0.2) is 0 Å². The maximum atomic E-state index is 11.9. The molecule has 0 aliphatic heterocycles. The Morgan fingerprint density at radius 3 is 2.48 bits per heavy atom. The maximum Gasteiger partial charge on any atom is 0.251 e. The van der Waals surface area contributed by atoms with Gasteiger partial charge in [0.1, 0.15) is 0 Å². The van der Waals surface area contributed by atoms with Gasteiger partial charge in [0, 0.05) is 30.2 Å². The number of nitrogens with zero attached hydrogens (tertiary/aromatic N) is 2. The van der Waals surface area contributed by atoms with E-state index in [2.05, 4.69) is 15.6 Å². The molecule has 2 aromatic rings. The van der Waals surface area contributed by atoms with E-state index in [4.69, 9.17) is 0 Å². The lowest BCUT2D eigenvalue weighted by atomic mass is 10.2. The molecule has 2 rings (SSSR count). The molecule has 116 valence electrons. The second-order valence-electron chi connectivity index (χ2n) is 4.23. The summed E-state index contributed by atoms with van der Waals surface area (Å²) in [7, 11) is 1.90. The molecule has 0 aliphatic rings. The number of benzene rings is 1. The summed E-state index contributed by atoms with van der Waals surface area (Å²) >= 11 is 0. The first-order valence-corrected chi connectivity index (χ1v) is 6.32. The van der Waals surface area contributed by atoms with Gasteiger partial charge in [0.05, 0.1) is 6.33 Å². The van der Waals surface area contributed by atoms with Crippen LogP contribution in [0.3, 0.4) is 0 Å². The molecule has 5 nitrogen and oxygen atoms in total. The van der Waals surface area contributed by atoms with Crippen molar-refractivity contribution in [2.24, 2.45) is 0 Å². The quantitative estimate of drug-likeness (QED) is 0.797. The van der Waals surface area contributed by atoms with Gasteiger partial charge in [-0.1, -0.05) is 0 Å². The van der Waals surface area contributed by atoms with Gasteiger partial charge in [-0.3, -0.25) is 4.79 Å². The van der Waals surface area contributed by atoms with Gasteiger partial charge in [-0.2, -0.15) is 0 Å². The fraction of sp³-hybridized carbons (Fsp3) is 0.286. The number of halogens is 2. The Bertz CT molecular complexity index is 514. The van der Waals surface area contributed by atoms with E-state index in [-0.39, 0.29) is 30.7 Å². The predicted molar refractivity (Wildman–Crippen MR) is 88.9 cm³/mol. The summed E-state index contributed by atoms with van der Waals surface area (Å²) in [6.45, 7) is 1.59. The highest BCUT2D eigenvalue weighted by atomic mass is 35.5. The minimum Gasteiger partial charge on any atom is -0.352 e. The highest BCUT2D eigenvalue weighted by Crippen LogP contribution is 2.09. The molecule has 0 atom stereocenters. The van der Waals surface area contributed by atoms with E-state index >= 15 is 0 Å². The molecule has 2 N–H and O–H groups in total. The Morgan fingerprint density at radius 1 is 1.19 bits per heavy atom. The van der Waals surface area contributed by atoms with Crippen molar-refractivity contribution in [3.8, 4) is 5.69 Å². The van der Waals surface area contributed by atoms with Crippen molar-refractivity contribution in [1.29, 1.82) is 0 Å². The maximum absolute atomic E-state index is 11.9. The molecule has 0 saturated carbocycles. The third kappa shape index (κ3) is 5.75. The standard InChI is InChI=1S/C14H18N4O.2ClH/c1-15-7-2-8-17-14(19)12-3-5-13(6-4-12)18-10-9-16-11-18;;/h3-6,9-11,15H,2,7-8H2,1H3,(H,17,19);2*1H. The second kappa shape index (κ2) is 10.2. The lowest BCUT2D eigenvalue weighted by Gasteiger charge is -2.06. The number of carbonyl (C=O) groups is 1. The van der Waals surface area contributed by atoms with Crippen molar-refractivity contribution in [3.05, 3.63) is 48.5 Å². The van der Waals surface area contributed by atoms with Crippen LogP contribution in [-0.2, 0) is 0 Å². The molecule has 0 unspecified atom stereocenters. The minimum atomic E-state index is -0.0340. The van der Waals surface area contributed by atoms with Gasteiger partial charge in [-0.15, -0.1) is 24.8 Å². The first-order valence-electron chi connectivity index (χ1n) is 6.32. The van der Waals surface area contributed by atoms with Crippen LogP contribution in [0, 0.1) is 0 Å². The minimum absolute atomic E-state index is 0. The van der Waals surface area contributed by atoms with Gasteiger partial charge in [0.2, 0.25) is 0 Å². The number of carbonyl (C=O) groups excluding carboxylic acids is 1. The van der Waals surface area contributed by atoms with E-state index in [0.717, 1.165) is 18.7 Å². The van der Waals surface area contributed by atoms with Crippen molar-refractivity contribution in [1.82, 2.24) is 20.2 Å². The lowest BCUT2D eigenvalue weighted by Crippen LogP contribution is -2.26. The van der Waals surface area contributed by atoms with E-state index in [1.54, 1.807) is 12.5 Å². The molecular formula is C14H20Cl2N4O. The number of nitrogens with one attached hydrogen (secondary N) is 2. The van der Waals surface area contributed by atoms with E-state index < -0.39 is 0 Å². The first-order chi connectivity index (χ1) is 9.31. The molecule has 1 amide bonds. The molecule has 0 saturated heterocycles. The average molecular weight is 331 g/mol. The number of hydrogen-bond donors (Lipinski definition) is 2. The van der Waals surface area contributed by atoms with Crippen LogP contribution in [-0.4, -0.2) is 35.6 Å². The van der Waals surface area contributed by atoms with E-state index in [1.807, 2.05) is 42.1 Å². The topological polar surface area (TPSA) is 58.9 Å². The van der Waals surface area contributed by atoms with Crippen LogP contribution in [0.25, 0.3) is 5.69 Å². The monoisotopic (exact) mass is 330 g/mol. The molecule has 0 fully saturated rings. The van der Waals surface area contributed by atoms with Crippen LogP contribution >= 0.6 is 24.8 Å². The summed E-state index contributed by atoms with van der Waals surface area (Å²) in [5.74, 6) is -0.0340. The number of hydrogen-bond acceptors (Lipinski definition) is 3. The molecule has 1 aromatic heterocycles. The SMILES string of the molecule is CNCCCNC(=O)c1ccc(-n2ccnc2)cc1.Cl.Cl. The van der Waals surface area contributed by atoms with Crippen LogP contribution in [0.15, 0.2) is 43.0 Å². The smallest absolute Gasteiger partial charge is 0.251 e. The van der Waals surface area contributed by atoms with Crippen LogP contribution in [0.4, 0.5) is 0 Å². The van der Waals surface area contributed by atoms with Gasteiger partial charge in [-0.25, -0.2) is 4.98 Å². The van der Waals surface area contributed by atoms with Crippen molar-refractivity contribution in [2.75, 3.05) is 20.1 Å². The van der Waals surface area contributed by atoms with Crippen molar-refractivity contribution in [3.63, 3.8) is 0 Å². The lowest BCUT2D eigenvalue weighted by molar-refractivity contribution is 0.0953. The third-order valence-electron chi connectivity index (χ3n) is 2.82. The Balaban J connectivity index is 0.00000200. The van der Waals surface area contributed by atoms with Crippen LogP contribution in [0.2, 0.25) is 0 Å². The zero-order valence-electron chi connectivity index (χ0n) is 11.8. The molecule has 1 aromatic carbocycles. The fourth-order valence-corrected chi connectivity index (χ4v) is 1.77. The molecule has 0 spiro atoms. The molecular weight excluding hydrogens is 311 g/mol. The predicted octanol–water partition coefficient (Wildman–Crippen LogP) is 2.06. The van der Waals surface area contributed by atoms with Crippen LogP contribution < -0.4 is 10.6 Å². The molecule has 0 bridgehead atoms. The Kier molecular flexibility index (Phi) is 9.45. The number of aromatic nitrogens is 2. The van der Waals surface area contributed by atoms with Crippen molar-refractivity contribution < 1.29 is 4.79 Å². The highest BCUT2D eigenvalue weighted by Gasteiger charge is 2.04. The van der Waals surface area contributed by atoms with Gasteiger partial charge in [0.25, 0.3) is 5.91 Å². The molecule has 0 radical (unpaired) electrons. The molecule has 1 heterocycles. The summed E-state index contributed by atoms with van der Waals surface area (Å²) in [6, 6.07) is 7.46. The van der Waals surface area contributed by atoms with Crippen LogP contribution in [0.1, 0.15) is 16.8 Å². The van der Waals surface area contributed by atoms with Gasteiger partial charge < -0.3 is 15.2 Å². The molecule has 7 heteroatoms. The zero-order valence-corrected chi connectivity index (χ0v) is 13.4. The summed E-state index contributed by atoms with van der Waals surface area (Å²) in [5, 5.41) is 5.93. The third-order valence-corrected chi connectivity index (χ3v) is 2.82. The van der Waals surface area contributed by atoms with Gasteiger partial charge >= 0.3 is 0 Å². The Hall–Kier alpha value is -1.56. The molecule has 0 aliphatic carbocycles. The van der Waals surface area contributed by atoms with E-state index in [0.29, 0.717) is 12.1 Å². The first kappa shape index (κ1) is 19.4. The summed E-state index contributed by atoms with van der Waals surface area (Å²) in [5.41, 5.74) is 1.66.